The van der Waals surface area contributed by atoms with Crippen LogP contribution in [-0.4, -0.2) is 48.2 Å². The van der Waals surface area contributed by atoms with E-state index in [9.17, 15) is 9.90 Å². The van der Waals surface area contributed by atoms with E-state index in [2.05, 4.69) is 50.8 Å². The number of aliphatic hydroxyl groups is 1. The van der Waals surface area contributed by atoms with Gasteiger partial charge in [-0.15, -0.1) is 0 Å². The van der Waals surface area contributed by atoms with Gasteiger partial charge in [0.05, 0.1) is 31.0 Å². The van der Waals surface area contributed by atoms with Crippen molar-refractivity contribution in [3.8, 4) is 0 Å². The number of cyclic esters (lactones) is 1. The Labute approximate surface area is 217 Å². The van der Waals surface area contributed by atoms with Gasteiger partial charge in [0.15, 0.2) is 0 Å². The Kier molecular flexibility index (Phi) is 11.4. The summed E-state index contributed by atoms with van der Waals surface area (Å²) in [6, 6.07) is 0. The maximum Gasteiger partial charge on any atom is 0.330 e. The van der Waals surface area contributed by atoms with Crippen LogP contribution in [0.1, 0.15) is 65.7 Å². The normalized spacial score (nSPS) is 35.8. The second kappa shape index (κ2) is 14.5. The topological polar surface area (TPSA) is 65.0 Å². The molecule has 3 aliphatic rings. The summed E-state index contributed by atoms with van der Waals surface area (Å²) in [7, 11) is 0. The molecule has 0 saturated carbocycles. The third-order valence-corrected chi connectivity index (χ3v) is 7.01. The molecule has 198 valence electrons. The van der Waals surface area contributed by atoms with E-state index in [1.807, 2.05) is 19.1 Å². The predicted molar refractivity (Wildman–Crippen MR) is 144 cm³/mol. The van der Waals surface area contributed by atoms with Gasteiger partial charge in [-0.25, -0.2) is 4.79 Å². The van der Waals surface area contributed by atoms with Gasteiger partial charge in [-0.05, 0) is 51.4 Å². The van der Waals surface area contributed by atoms with Gasteiger partial charge in [0.1, 0.15) is 6.10 Å². The molecule has 5 nitrogen and oxygen atoms in total. The molecule has 3 heterocycles. The lowest BCUT2D eigenvalue weighted by atomic mass is 9.91. The number of carbonyl (C=O) groups is 1. The molecule has 2 bridgehead atoms. The number of hydrogen-bond donors (Lipinski definition) is 1. The maximum atomic E-state index is 12.7. The lowest BCUT2D eigenvalue weighted by Crippen LogP contribution is -2.26. The van der Waals surface area contributed by atoms with E-state index in [1.165, 1.54) is 11.6 Å². The first-order valence-electron chi connectivity index (χ1n) is 13.4. The van der Waals surface area contributed by atoms with Crippen LogP contribution in [0.25, 0.3) is 0 Å². The third-order valence-electron chi connectivity index (χ3n) is 7.01. The lowest BCUT2D eigenvalue weighted by Gasteiger charge is -2.28. The van der Waals surface area contributed by atoms with Crippen molar-refractivity contribution in [3.05, 3.63) is 72.4 Å². The van der Waals surface area contributed by atoms with Crippen LogP contribution >= 0.6 is 0 Å². The van der Waals surface area contributed by atoms with Crippen LogP contribution < -0.4 is 0 Å². The minimum atomic E-state index is -0.602. The number of rotatable bonds is 3. The molecule has 0 amide bonds. The highest BCUT2D eigenvalue weighted by Gasteiger charge is 2.22. The number of aliphatic hydroxyl groups excluding tert-OH is 1. The van der Waals surface area contributed by atoms with Gasteiger partial charge in [-0.1, -0.05) is 80.2 Å². The van der Waals surface area contributed by atoms with Crippen LogP contribution in [0.5, 0.6) is 0 Å². The Morgan fingerprint density at radius 3 is 2.72 bits per heavy atom. The largest absolute Gasteiger partial charge is 0.458 e. The Morgan fingerprint density at radius 1 is 1.11 bits per heavy atom. The highest BCUT2D eigenvalue weighted by Crippen LogP contribution is 2.26. The minimum Gasteiger partial charge on any atom is -0.458 e. The van der Waals surface area contributed by atoms with E-state index in [0.29, 0.717) is 31.8 Å². The van der Waals surface area contributed by atoms with Crippen LogP contribution in [0.4, 0.5) is 0 Å². The van der Waals surface area contributed by atoms with E-state index in [4.69, 9.17) is 14.2 Å². The van der Waals surface area contributed by atoms with E-state index in [0.717, 1.165) is 31.3 Å². The summed E-state index contributed by atoms with van der Waals surface area (Å²) in [5.41, 5.74) is 2.37. The van der Waals surface area contributed by atoms with E-state index in [-0.39, 0.29) is 36.3 Å². The Balaban J connectivity index is 1.70. The van der Waals surface area contributed by atoms with Crippen molar-refractivity contribution in [1.82, 2.24) is 0 Å². The molecular weight excluding hydrogens is 452 g/mol. The maximum absolute atomic E-state index is 12.7. The van der Waals surface area contributed by atoms with Gasteiger partial charge in [-0.3, -0.25) is 0 Å². The van der Waals surface area contributed by atoms with Gasteiger partial charge < -0.3 is 19.3 Å². The zero-order valence-electron chi connectivity index (χ0n) is 22.2. The van der Waals surface area contributed by atoms with Crippen LogP contribution in [0, 0.1) is 11.8 Å². The first-order chi connectivity index (χ1) is 17.3. The molecule has 3 aliphatic heterocycles. The van der Waals surface area contributed by atoms with Gasteiger partial charge in [0.2, 0.25) is 0 Å². The monoisotopic (exact) mass is 496 g/mol. The summed E-state index contributed by atoms with van der Waals surface area (Å²) in [5.74, 6) is 0.0618. The quantitative estimate of drug-likeness (QED) is 0.374. The predicted octanol–water partition coefficient (Wildman–Crippen LogP) is 6.17. The van der Waals surface area contributed by atoms with Crippen LogP contribution in [0.15, 0.2) is 72.4 Å². The fourth-order valence-corrected chi connectivity index (χ4v) is 5.04. The van der Waals surface area contributed by atoms with Crippen molar-refractivity contribution in [2.24, 2.45) is 11.8 Å². The fourth-order valence-electron chi connectivity index (χ4n) is 5.04. The van der Waals surface area contributed by atoms with E-state index >= 15 is 0 Å². The van der Waals surface area contributed by atoms with E-state index in [1.54, 1.807) is 6.08 Å². The van der Waals surface area contributed by atoms with Crippen molar-refractivity contribution >= 4 is 5.97 Å². The second-order valence-corrected chi connectivity index (χ2v) is 10.7. The molecule has 5 heteroatoms. The average molecular weight is 497 g/mol. The van der Waals surface area contributed by atoms with Crippen molar-refractivity contribution in [2.75, 3.05) is 6.61 Å². The average Bonchev–Trinajstić information content (AvgIpc) is 2.81. The number of esters is 1. The number of hydrogen-bond acceptors (Lipinski definition) is 5. The highest BCUT2D eigenvalue weighted by atomic mass is 16.5. The molecule has 1 N–H and O–H groups in total. The molecule has 3 rings (SSSR count). The first-order valence-corrected chi connectivity index (χ1v) is 13.4. The highest BCUT2D eigenvalue weighted by molar-refractivity contribution is 5.82. The third kappa shape index (κ3) is 10.0. The van der Waals surface area contributed by atoms with Crippen molar-refractivity contribution in [2.45, 2.75) is 96.2 Å². The summed E-state index contributed by atoms with van der Waals surface area (Å²) in [4.78, 5) is 12.7. The molecule has 0 fully saturated rings. The molecule has 0 saturated heterocycles. The number of ether oxygens (including phenoxy) is 3. The summed E-state index contributed by atoms with van der Waals surface area (Å²) < 4.78 is 17.9. The molecule has 0 radical (unpaired) electrons. The van der Waals surface area contributed by atoms with Gasteiger partial charge in [0, 0.05) is 18.4 Å². The Bertz CT molecular complexity index is 879. The van der Waals surface area contributed by atoms with E-state index < -0.39 is 6.10 Å². The molecule has 36 heavy (non-hydrogen) atoms. The lowest BCUT2D eigenvalue weighted by molar-refractivity contribution is -0.144. The molecule has 0 spiro atoms. The molecule has 0 aliphatic carbocycles. The second-order valence-electron chi connectivity index (χ2n) is 10.7. The molecular formula is C31H44O5. The standard InChI is InChI=1S/C31H44O5/c1-22-16-17-34-28(20-22)15-14-25(4)30-12-5-8-26(32)19-23(2)18-24(3)21-29-11-6-9-27(35-29)10-7-13-31(33)36-30/h5-9,13-16,24-30,32H,2,10-12,17-21H2,1,3-4H3/b8-5+,13-7-,15-14+/t24-,25-,26+,27-,28+,29-,30-/m0/s1. The summed E-state index contributed by atoms with van der Waals surface area (Å²) in [6.45, 7) is 11.2. The fraction of sp³-hybridized carbons (Fsp3) is 0.581. The van der Waals surface area contributed by atoms with Crippen molar-refractivity contribution in [1.29, 1.82) is 0 Å². The van der Waals surface area contributed by atoms with Crippen molar-refractivity contribution < 1.29 is 24.1 Å². The molecule has 0 aromatic heterocycles. The van der Waals surface area contributed by atoms with Crippen LogP contribution in [-0.2, 0) is 19.0 Å². The van der Waals surface area contributed by atoms with Crippen LogP contribution in [0.3, 0.4) is 0 Å². The number of carbonyl (C=O) groups excluding carboxylic acids is 1. The first kappa shape index (κ1) is 28.4. The van der Waals surface area contributed by atoms with Gasteiger partial charge in [0.25, 0.3) is 0 Å². The number of fused-ring (bicyclic) bond motifs is 2. The minimum absolute atomic E-state index is 0.00858. The Morgan fingerprint density at radius 2 is 1.92 bits per heavy atom. The summed E-state index contributed by atoms with van der Waals surface area (Å²) >= 11 is 0. The summed E-state index contributed by atoms with van der Waals surface area (Å²) in [6.07, 6.45) is 22.1. The smallest absolute Gasteiger partial charge is 0.330 e. The zero-order valence-corrected chi connectivity index (χ0v) is 22.2. The molecule has 0 unspecified atom stereocenters. The molecule has 0 aromatic rings. The SMILES string of the molecule is C=C1C[C@H](C)C[C@@H]2CC=C[C@@H](C/C=C\C(=O)O[C@H]([C@@H](C)/C=C/[C@@H]3CC(C)=CCO3)C/C=C/[C@@H](O)C1)O2. The van der Waals surface area contributed by atoms with Gasteiger partial charge in [-0.2, -0.15) is 0 Å². The molecule has 7 atom stereocenters. The van der Waals surface area contributed by atoms with Crippen molar-refractivity contribution in [3.63, 3.8) is 0 Å². The Hall–Kier alpha value is -2.21. The zero-order chi connectivity index (χ0) is 25.9. The van der Waals surface area contributed by atoms with Crippen LogP contribution in [0.2, 0.25) is 0 Å². The van der Waals surface area contributed by atoms with Gasteiger partial charge >= 0.3 is 5.97 Å². The summed E-state index contributed by atoms with van der Waals surface area (Å²) in [5, 5.41) is 10.5. The molecule has 0 aromatic carbocycles.